The summed E-state index contributed by atoms with van der Waals surface area (Å²) in [5.41, 5.74) is 5.73. The quantitative estimate of drug-likeness (QED) is 0.843. The lowest BCUT2D eigenvalue weighted by Crippen LogP contribution is -2.60. The Balaban J connectivity index is 0.000001000. The molecule has 1 aliphatic heterocycles. The van der Waals surface area contributed by atoms with Crippen molar-refractivity contribution in [3.8, 4) is 0 Å². The highest BCUT2D eigenvalue weighted by molar-refractivity contribution is 5.86. The van der Waals surface area contributed by atoms with Gasteiger partial charge < -0.3 is 10.6 Å². The number of nitrogens with two attached hydrogens (primary N) is 1. The van der Waals surface area contributed by atoms with Crippen LogP contribution >= 0.6 is 24.8 Å². The minimum absolute atomic E-state index is 0. The van der Waals surface area contributed by atoms with E-state index in [1.807, 2.05) is 4.90 Å². The van der Waals surface area contributed by atoms with Gasteiger partial charge in [-0.2, -0.15) is 0 Å². The van der Waals surface area contributed by atoms with E-state index in [1.165, 1.54) is 19.3 Å². The van der Waals surface area contributed by atoms with Crippen molar-refractivity contribution in [2.45, 2.75) is 56.5 Å². The van der Waals surface area contributed by atoms with Crippen molar-refractivity contribution in [2.24, 2.45) is 5.73 Å². The summed E-state index contributed by atoms with van der Waals surface area (Å²) >= 11 is 0. The fourth-order valence-corrected chi connectivity index (χ4v) is 3.58. The first-order valence-corrected chi connectivity index (χ1v) is 7.51. The molecule has 0 aromatic rings. The number of carbonyl (C=O) groups is 1. The van der Waals surface area contributed by atoms with Gasteiger partial charge in [0.15, 0.2) is 0 Å². The topological polar surface area (TPSA) is 49.6 Å². The highest BCUT2D eigenvalue weighted by Crippen LogP contribution is 2.30. The van der Waals surface area contributed by atoms with Gasteiger partial charge in [-0.3, -0.25) is 9.69 Å². The van der Waals surface area contributed by atoms with Crippen molar-refractivity contribution in [1.82, 2.24) is 9.80 Å². The van der Waals surface area contributed by atoms with Crippen LogP contribution in [0.25, 0.3) is 0 Å². The van der Waals surface area contributed by atoms with E-state index < -0.39 is 5.54 Å². The van der Waals surface area contributed by atoms with E-state index in [-0.39, 0.29) is 30.7 Å². The number of halogens is 2. The second-order valence-electron chi connectivity index (χ2n) is 6.28. The lowest BCUT2D eigenvalue weighted by molar-refractivity contribution is -0.139. The van der Waals surface area contributed by atoms with Gasteiger partial charge in [-0.25, -0.2) is 0 Å². The maximum absolute atomic E-state index is 12.5. The third kappa shape index (κ3) is 3.41. The normalized spacial score (nSPS) is 26.4. The van der Waals surface area contributed by atoms with Crippen LogP contribution in [-0.2, 0) is 4.79 Å². The molecule has 3 fully saturated rings. The van der Waals surface area contributed by atoms with E-state index in [0.29, 0.717) is 0 Å². The molecule has 4 nitrogen and oxygen atoms in total. The molecule has 2 aliphatic carbocycles. The molecule has 6 heteroatoms. The standard InChI is InChI=1S/C14H25N3O.2ClH/c15-14(6-1-2-7-14)13(18)17-10-8-16(9-11-17)12-4-3-5-12;;/h12H,1-11,15H2;2*1H. The molecule has 0 aromatic heterocycles. The average molecular weight is 324 g/mol. The van der Waals surface area contributed by atoms with Gasteiger partial charge in [0, 0.05) is 32.2 Å². The summed E-state index contributed by atoms with van der Waals surface area (Å²) in [6.45, 7) is 3.86. The van der Waals surface area contributed by atoms with Crippen LogP contribution in [0.4, 0.5) is 0 Å². The summed E-state index contributed by atoms with van der Waals surface area (Å²) in [7, 11) is 0. The monoisotopic (exact) mass is 323 g/mol. The number of hydrogen-bond donors (Lipinski definition) is 1. The van der Waals surface area contributed by atoms with E-state index in [0.717, 1.165) is 57.9 Å². The molecule has 20 heavy (non-hydrogen) atoms. The van der Waals surface area contributed by atoms with Gasteiger partial charge in [-0.05, 0) is 25.7 Å². The second kappa shape index (κ2) is 7.30. The van der Waals surface area contributed by atoms with Gasteiger partial charge in [0.2, 0.25) is 5.91 Å². The van der Waals surface area contributed by atoms with Crippen LogP contribution in [0.3, 0.4) is 0 Å². The summed E-state index contributed by atoms with van der Waals surface area (Å²) in [6.07, 6.45) is 8.09. The Hall–Kier alpha value is -0.0300. The Kier molecular flexibility index (Phi) is 6.58. The summed E-state index contributed by atoms with van der Waals surface area (Å²) in [4.78, 5) is 17.0. The number of hydrogen-bond acceptors (Lipinski definition) is 3. The van der Waals surface area contributed by atoms with Crippen molar-refractivity contribution >= 4 is 30.7 Å². The minimum Gasteiger partial charge on any atom is -0.339 e. The van der Waals surface area contributed by atoms with Gasteiger partial charge in [0.1, 0.15) is 0 Å². The Labute approximate surface area is 134 Å². The van der Waals surface area contributed by atoms with Crippen molar-refractivity contribution in [1.29, 1.82) is 0 Å². The molecule has 1 heterocycles. The zero-order valence-corrected chi connectivity index (χ0v) is 13.7. The van der Waals surface area contributed by atoms with Crippen molar-refractivity contribution in [2.75, 3.05) is 26.2 Å². The highest BCUT2D eigenvalue weighted by atomic mass is 35.5. The van der Waals surface area contributed by atoms with E-state index in [1.54, 1.807) is 0 Å². The first-order chi connectivity index (χ1) is 8.69. The number of rotatable bonds is 2. The SMILES string of the molecule is Cl.Cl.NC1(C(=O)N2CCN(C3CCC3)CC2)CCCC1. The Morgan fingerprint density at radius 1 is 0.950 bits per heavy atom. The Morgan fingerprint density at radius 2 is 1.50 bits per heavy atom. The maximum Gasteiger partial charge on any atom is 0.242 e. The zero-order chi connectivity index (χ0) is 12.6. The Bertz CT molecular complexity index is 322. The first-order valence-electron chi connectivity index (χ1n) is 7.51. The molecule has 0 unspecified atom stereocenters. The third-order valence-electron chi connectivity index (χ3n) is 5.11. The van der Waals surface area contributed by atoms with E-state index >= 15 is 0 Å². The number of amides is 1. The minimum atomic E-state index is -0.529. The van der Waals surface area contributed by atoms with Gasteiger partial charge >= 0.3 is 0 Å². The average Bonchev–Trinajstić information content (AvgIpc) is 2.75. The molecule has 1 amide bonds. The van der Waals surface area contributed by atoms with E-state index in [2.05, 4.69) is 4.90 Å². The summed E-state index contributed by atoms with van der Waals surface area (Å²) < 4.78 is 0. The fraction of sp³-hybridized carbons (Fsp3) is 0.929. The molecule has 1 saturated heterocycles. The van der Waals surface area contributed by atoms with Crippen LogP contribution in [-0.4, -0.2) is 53.5 Å². The lowest BCUT2D eigenvalue weighted by Gasteiger charge is -2.44. The summed E-state index contributed by atoms with van der Waals surface area (Å²) in [6, 6.07) is 0.806. The van der Waals surface area contributed by atoms with Crippen LogP contribution in [0.5, 0.6) is 0 Å². The molecule has 0 bridgehead atoms. The van der Waals surface area contributed by atoms with E-state index in [4.69, 9.17) is 5.73 Å². The molecule has 3 aliphatic rings. The molecule has 3 rings (SSSR count). The van der Waals surface area contributed by atoms with Crippen LogP contribution in [0.1, 0.15) is 44.9 Å². The Morgan fingerprint density at radius 3 is 1.95 bits per heavy atom. The summed E-state index contributed by atoms with van der Waals surface area (Å²) in [5.74, 6) is 0.216. The molecule has 0 spiro atoms. The molecule has 0 aromatic carbocycles. The van der Waals surface area contributed by atoms with Crippen LogP contribution in [0.2, 0.25) is 0 Å². The molecule has 0 atom stereocenters. The van der Waals surface area contributed by atoms with Crippen LogP contribution in [0, 0.1) is 0 Å². The van der Waals surface area contributed by atoms with Crippen molar-refractivity contribution < 1.29 is 4.79 Å². The zero-order valence-electron chi connectivity index (χ0n) is 12.1. The third-order valence-corrected chi connectivity index (χ3v) is 5.11. The largest absolute Gasteiger partial charge is 0.339 e. The highest BCUT2D eigenvalue weighted by Gasteiger charge is 2.41. The number of nitrogens with zero attached hydrogens (tertiary/aromatic N) is 2. The fourth-order valence-electron chi connectivity index (χ4n) is 3.58. The van der Waals surface area contributed by atoms with E-state index in [9.17, 15) is 4.79 Å². The maximum atomic E-state index is 12.5. The smallest absolute Gasteiger partial charge is 0.242 e. The summed E-state index contributed by atoms with van der Waals surface area (Å²) in [5, 5.41) is 0. The molecule has 0 radical (unpaired) electrons. The number of piperazine rings is 1. The molecule has 2 N–H and O–H groups in total. The second-order valence-corrected chi connectivity index (χ2v) is 6.28. The van der Waals surface area contributed by atoms with Crippen molar-refractivity contribution in [3.63, 3.8) is 0 Å². The molecular weight excluding hydrogens is 297 g/mol. The molecular formula is C14H27Cl2N3O. The van der Waals surface area contributed by atoms with Crippen LogP contribution in [0.15, 0.2) is 0 Å². The van der Waals surface area contributed by atoms with Gasteiger partial charge in [0.05, 0.1) is 5.54 Å². The first kappa shape index (κ1) is 18.0. The molecule has 118 valence electrons. The van der Waals surface area contributed by atoms with Crippen molar-refractivity contribution in [3.05, 3.63) is 0 Å². The van der Waals surface area contributed by atoms with Gasteiger partial charge in [-0.15, -0.1) is 24.8 Å². The van der Waals surface area contributed by atoms with Gasteiger partial charge in [0.25, 0.3) is 0 Å². The van der Waals surface area contributed by atoms with Crippen LogP contribution < -0.4 is 5.73 Å². The lowest BCUT2D eigenvalue weighted by atomic mass is 9.91. The number of carbonyl (C=O) groups excluding carboxylic acids is 1. The molecule has 2 saturated carbocycles. The predicted octanol–water partition coefficient (Wildman–Crippen LogP) is 1.80. The van der Waals surface area contributed by atoms with Gasteiger partial charge in [-0.1, -0.05) is 19.3 Å². The predicted molar refractivity (Wildman–Crippen MR) is 85.7 cm³/mol.